The largest absolute Gasteiger partial charge is 0.481 e. The molecule has 2 aromatic rings. The number of halogens is 1. The third kappa shape index (κ3) is 1.93. The van der Waals surface area contributed by atoms with Crippen LogP contribution in [0.15, 0.2) is 23.6 Å². The van der Waals surface area contributed by atoms with Gasteiger partial charge in [0.05, 0.1) is 5.92 Å². The smallest absolute Gasteiger partial charge is 0.306 e. The molecule has 0 aliphatic carbocycles. The van der Waals surface area contributed by atoms with Crippen LogP contribution in [0.1, 0.15) is 12.5 Å². The minimum absolute atomic E-state index is 0.272. The summed E-state index contributed by atoms with van der Waals surface area (Å²) in [6, 6.07) is 4.92. The predicted octanol–water partition coefficient (Wildman–Crippen LogP) is 3.30. The number of carboxylic acids is 1. The molecule has 4 heteroatoms. The number of carboxylic acid groups (broad SMARTS) is 1. The number of hydrogen-bond acceptors (Lipinski definition) is 2. The van der Waals surface area contributed by atoms with Gasteiger partial charge in [-0.2, -0.15) is 0 Å². The lowest BCUT2D eigenvalue weighted by Gasteiger charge is -2.05. The van der Waals surface area contributed by atoms with Crippen LogP contribution in [-0.2, 0) is 11.2 Å². The molecule has 0 fully saturated rings. The molecule has 1 atom stereocenters. The molecule has 1 aromatic heterocycles. The number of carbonyl (C=O) groups is 1. The minimum Gasteiger partial charge on any atom is -0.481 e. The third-order valence-corrected chi connectivity index (χ3v) is 3.57. The first-order valence-corrected chi connectivity index (χ1v) is 5.85. The SMILES string of the molecule is CC(Cc1csc2cccc(F)c12)C(=O)O. The van der Waals surface area contributed by atoms with E-state index in [1.807, 2.05) is 11.4 Å². The van der Waals surface area contributed by atoms with Crippen molar-refractivity contribution in [1.29, 1.82) is 0 Å². The molecule has 0 radical (unpaired) electrons. The van der Waals surface area contributed by atoms with Crippen molar-refractivity contribution in [2.75, 3.05) is 0 Å². The summed E-state index contributed by atoms with van der Waals surface area (Å²) in [6.45, 7) is 1.63. The van der Waals surface area contributed by atoms with Crippen molar-refractivity contribution >= 4 is 27.4 Å². The summed E-state index contributed by atoms with van der Waals surface area (Å²) in [7, 11) is 0. The number of aliphatic carboxylic acids is 1. The van der Waals surface area contributed by atoms with Crippen LogP contribution < -0.4 is 0 Å². The van der Waals surface area contributed by atoms with Crippen LogP contribution in [0, 0.1) is 11.7 Å². The normalized spacial score (nSPS) is 12.9. The van der Waals surface area contributed by atoms with E-state index in [0.29, 0.717) is 11.8 Å². The molecular formula is C12H11FO2S. The van der Waals surface area contributed by atoms with E-state index in [0.717, 1.165) is 10.3 Å². The zero-order valence-corrected chi connectivity index (χ0v) is 9.55. The van der Waals surface area contributed by atoms with Crippen LogP contribution in [-0.4, -0.2) is 11.1 Å². The number of benzene rings is 1. The first-order chi connectivity index (χ1) is 7.59. The highest BCUT2D eigenvalue weighted by Crippen LogP contribution is 2.29. The Morgan fingerprint density at radius 2 is 2.31 bits per heavy atom. The van der Waals surface area contributed by atoms with E-state index in [2.05, 4.69) is 0 Å². The molecule has 0 amide bonds. The number of hydrogen-bond donors (Lipinski definition) is 1. The monoisotopic (exact) mass is 238 g/mol. The van der Waals surface area contributed by atoms with Gasteiger partial charge in [-0.15, -0.1) is 11.3 Å². The van der Waals surface area contributed by atoms with Gasteiger partial charge in [-0.05, 0) is 29.5 Å². The van der Waals surface area contributed by atoms with Crippen LogP contribution in [0.3, 0.4) is 0 Å². The van der Waals surface area contributed by atoms with E-state index in [4.69, 9.17) is 5.11 Å². The topological polar surface area (TPSA) is 37.3 Å². The molecule has 1 aromatic carbocycles. The maximum atomic E-state index is 13.6. The maximum Gasteiger partial charge on any atom is 0.306 e. The van der Waals surface area contributed by atoms with Crippen LogP contribution in [0.5, 0.6) is 0 Å². The Balaban J connectivity index is 2.42. The molecule has 1 heterocycles. The predicted molar refractivity (Wildman–Crippen MR) is 62.3 cm³/mol. The second kappa shape index (κ2) is 4.22. The van der Waals surface area contributed by atoms with Gasteiger partial charge in [0.25, 0.3) is 0 Å². The summed E-state index contributed by atoms with van der Waals surface area (Å²) >= 11 is 1.45. The molecule has 16 heavy (non-hydrogen) atoms. The van der Waals surface area contributed by atoms with Crippen molar-refractivity contribution in [3.05, 3.63) is 35.0 Å². The molecule has 84 valence electrons. The van der Waals surface area contributed by atoms with Crippen molar-refractivity contribution in [2.24, 2.45) is 5.92 Å². The van der Waals surface area contributed by atoms with Gasteiger partial charge >= 0.3 is 5.97 Å². The zero-order chi connectivity index (χ0) is 11.7. The molecule has 1 N–H and O–H groups in total. The van der Waals surface area contributed by atoms with Crippen LogP contribution in [0.25, 0.3) is 10.1 Å². The summed E-state index contributed by atoms with van der Waals surface area (Å²) in [6.07, 6.45) is 0.371. The lowest BCUT2D eigenvalue weighted by atomic mass is 10.0. The third-order valence-electron chi connectivity index (χ3n) is 2.57. The summed E-state index contributed by atoms with van der Waals surface area (Å²) < 4.78 is 14.5. The van der Waals surface area contributed by atoms with Gasteiger partial charge in [-0.3, -0.25) is 4.79 Å². The Bertz CT molecular complexity index is 533. The van der Waals surface area contributed by atoms with Gasteiger partial charge in [-0.25, -0.2) is 4.39 Å². The Morgan fingerprint density at radius 1 is 1.56 bits per heavy atom. The van der Waals surface area contributed by atoms with Crippen molar-refractivity contribution in [3.63, 3.8) is 0 Å². The first-order valence-electron chi connectivity index (χ1n) is 4.97. The molecule has 0 spiro atoms. The van der Waals surface area contributed by atoms with Gasteiger partial charge in [0, 0.05) is 10.1 Å². The Hall–Kier alpha value is -1.42. The fourth-order valence-electron chi connectivity index (χ4n) is 1.68. The van der Waals surface area contributed by atoms with Crippen LogP contribution in [0.2, 0.25) is 0 Å². The van der Waals surface area contributed by atoms with Crippen molar-refractivity contribution in [1.82, 2.24) is 0 Å². The number of rotatable bonds is 3. The van der Waals surface area contributed by atoms with Gasteiger partial charge < -0.3 is 5.11 Å². The van der Waals surface area contributed by atoms with E-state index in [1.54, 1.807) is 13.0 Å². The van der Waals surface area contributed by atoms with Crippen molar-refractivity contribution < 1.29 is 14.3 Å². The highest BCUT2D eigenvalue weighted by Gasteiger charge is 2.16. The van der Waals surface area contributed by atoms with Crippen molar-refractivity contribution in [2.45, 2.75) is 13.3 Å². The summed E-state index contributed by atoms with van der Waals surface area (Å²) in [4.78, 5) is 10.8. The quantitative estimate of drug-likeness (QED) is 0.890. The molecule has 0 bridgehead atoms. The fourth-order valence-corrected chi connectivity index (χ4v) is 2.66. The molecule has 2 rings (SSSR count). The lowest BCUT2D eigenvalue weighted by molar-refractivity contribution is -0.141. The standard InChI is InChI=1S/C12H11FO2S/c1-7(12(14)15)5-8-6-16-10-4-2-3-9(13)11(8)10/h2-4,6-7H,5H2,1H3,(H,14,15). The second-order valence-electron chi connectivity index (χ2n) is 3.82. The van der Waals surface area contributed by atoms with Gasteiger partial charge in [-0.1, -0.05) is 13.0 Å². The highest BCUT2D eigenvalue weighted by molar-refractivity contribution is 7.17. The highest BCUT2D eigenvalue weighted by atomic mass is 32.1. The zero-order valence-electron chi connectivity index (χ0n) is 8.74. The summed E-state index contributed by atoms with van der Waals surface area (Å²) in [5.74, 6) is -1.61. The van der Waals surface area contributed by atoms with Gasteiger partial charge in [0.1, 0.15) is 5.82 Å². The molecule has 0 aliphatic rings. The number of thiophene rings is 1. The first kappa shape index (κ1) is 11.1. The molecular weight excluding hydrogens is 227 g/mol. The number of fused-ring (bicyclic) bond motifs is 1. The Morgan fingerprint density at radius 3 is 3.00 bits per heavy atom. The summed E-state index contributed by atoms with van der Waals surface area (Å²) in [5, 5.41) is 11.2. The van der Waals surface area contributed by atoms with Gasteiger partial charge in [0.2, 0.25) is 0 Å². The summed E-state index contributed by atoms with van der Waals surface area (Å²) in [5.41, 5.74) is 0.785. The lowest BCUT2D eigenvalue weighted by Crippen LogP contribution is -2.12. The Kier molecular flexibility index (Phi) is 2.92. The molecule has 2 nitrogen and oxygen atoms in total. The molecule has 0 aliphatic heterocycles. The second-order valence-corrected chi connectivity index (χ2v) is 4.73. The molecule has 0 saturated carbocycles. The average Bonchev–Trinajstić information content (AvgIpc) is 2.63. The van der Waals surface area contributed by atoms with E-state index in [9.17, 15) is 9.18 Å². The van der Waals surface area contributed by atoms with Crippen LogP contribution in [0.4, 0.5) is 4.39 Å². The van der Waals surface area contributed by atoms with E-state index in [1.165, 1.54) is 17.4 Å². The average molecular weight is 238 g/mol. The maximum absolute atomic E-state index is 13.6. The van der Waals surface area contributed by atoms with Crippen LogP contribution >= 0.6 is 11.3 Å². The molecule has 0 saturated heterocycles. The van der Waals surface area contributed by atoms with Gasteiger partial charge in [0.15, 0.2) is 0 Å². The molecule has 1 unspecified atom stereocenters. The van der Waals surface area contributed by atoms with Crippen molar-refractivity contribution in [3.8, 4) is 0 Å². The van der Waals surface area contributed by atoms with E-state index in [-0.39, 0.29) is 5.82 Å². The minimum atomic E-state index is -0.851. The van der Waals surface area contributed by atoms with E-state index >= 15 is 0 Å². The fraction of sp³-hybridized carbons (Fsp3) is 0.250. The van der Waals surface area contributed by atoms with E-state index < -0.39 is 11.9 Å². The Labute approximate surface area is 96.3 Å².